The van der Waals surface area contributed by atoms with Gasteiger partial charge in [-0.1, -0.05) is 251 Å². The second-order valence-corrected chi connectivity index (χ2v) is 20.3. The summed E-state index contributed by atoms with van der Waals surface area (Å²) >= 11 is 0. The molecule has 0 aromatic rings. The summed E-state index contributed by atoms with van der Waals surface area (Å²) in [5.41, 5.74) is 5.93. The third-order valence-corrected chi connectivity index (χ3v) is 13.4. The molecule has 0 aliphatic carbocycles. The molecule has 3 unspecified atom stereocenters. The second-order valence-electron chi connectivity index (χ2n) is 20.3. The Balaban J connectivity index is 4.45. The van der Waals surface area contributed by atoms with Gasteiger partial charge in [0.2, 0.25) is 0 Å². The molecule has 0 spiro atoms. The minimum atomic E-state index is -0.661. The predicted octanol–water partition coefficient (Wildman–Crippen LogP) is 15.4. The maximum atomic E-state index is 13.1. The molecular weight excluding hydrogens is 825 g/mol. The Kier molecular flexibility index (Phi) is 49.8. The Morgan fingerprint density at radius 2 is 0.803 bits per heavy atom. The number of hydrogen-bond acceptors (Lipinski definition) is 9. The fourth-order valence-electron chi connectivity index (χ4n) is 9.21. The van der Waals surface area contributed by atoms with Crippen molar-refractivity contribution in [3.63, 3.8) is 0 Å². The van der Waals surface area contributed by atoms with Crippen LogP contribution < -0.4 is 5.73 Å². The summed E-state index contributed by atoms with van der Waals surface area (Å²) in [5, 5.41) is 10.3. The molecule has 0 bridgehead atoms. The van der Waals surface area contributed by atoms with Crippen LogP contribution in [0.25, 0.3) is 0 Å². The number of unbranched alkanes of at least 4 members (excludes halogenated alkanes) is 37. The molecule has 0 saturated carbocycles. The van der Waals surface area contributed by atoms with E-state index in [2.05, 4.69) is 18.7 Å². The van der Waals surface area contributed by atoms with Gasteiger partial charge in [0.25, 0.3) is 0 Å². The van der Waals surface area contributed by atoms with E-state index in [4.69, 9.17) is 19.9 Å². The van der Waals surface area contributed by atoms with Crippen LogP contribution >= 0.6 is 0 Å². The first-order valence-corrected chi connectivity index (χ1v) is 28.8. The predicted molar refractivity (Wildman–Crippen MR) is 279 cm³/mol. The van der Waals surface area contributed by atoms with Gasteiger partial charge in [0.1, 0.15) is 18.8 Å². The smallest absolute Gasteiger partial charge is 0.322 e. The van der Waals surface area contributed by atoms with E-state index < -0.39 is 24.2 Å². The van der Waals surface area contributed by atoms with Crippen LogP contribution in [0.15, 0.2) is 0 Å². The summed E-state index contributed by atoms with van der Waals surface area (Å²) < 4.78 is 16.4. The Morgan fingerprint density at radius 1 is 0.470 bits per heavy atom. The van der Waals surface area contributed by atoms with Crippen LogP contribution in [0, 0.1) is 0 Å². The maximum absolute atomic E-state index is 13.1. The van der Waals surface area contributed by atoms with E-state index in [1.54, 1.807) is 6.92 Å². The van der Waals surface area contributed by atoms with Gasteiger partial charge >= 0.3 is 17.9 Å². The lowest BCUT2D eigenvalue weighted by Crippen LogP contribution is -2.42. The first-order chi connectivity index (χ1) is 32.2. The molecule has 66 heavy (non-hydrogen) atoms. The average Bonchev–Trinajstić information content (AvgIpc) is 3.30. The monoisotopic (exact) mass is 937 g/mol. The number of carbonyl (C=O) groups excluding carboxylic acids is 3. The second kappa shape index (κ2) is 51.1. The number of hydrogen-bond donors (Lipinski definition) is 2. The molecule has 9 nitrogen and oxygen atoms in total. The van der Waals surface area contributed by atoms with Gasteiger partial charge in [-0.05, 0) is 39.2 Å². The summed E-state index contributed by atoms with van der Waals surface area (Å²) in [6.07, 6.45) is 51.2. The number of aliphatic hydroxyl groups is 1. The SMILES string of the molecule is CCCCCCCCCCCCCCCCCCCCCC(=O)OCC(CN(CCCCC(N)C(=O)OC)CC(C)O)OC(=O)CCCCCCCCCCCCCCCCCCCCC. The Morgan fingerprint density at radius 3 is 1.14 bits per heavy atom. The zero-order valence-electron chi connectivity index (χ0n) is 44.4. The lowest BCUT2D eigenvalue weighted by molar-refractivity contribution is -0.160. The van der Waals surface area contributed by atoms with Crippen molar-refractivity contribution in [1.82, 2.24) is 4.90 Å². The highest BCUT2D eigenvalue weighted by molar-refractivity contribution is 5.75. The molecule has 9 heteroatoms. The number of nitrogens with two attached hydrogens (primary N) is 1. The van der Waals surface area contributed by atoms with Gasteiger partial charge in [0.05, 0.1) is 13.2 Å². The van der Waals surface area contributed by atoms with Crippen molar-refractivity contribution in [1.29, 1.82) is 0 Å². The summed E-state index contributed by atoms with van der Waals surface area (Å²) in [4.78, 5) is 39.7. The Labute approximate surface area is 409 Å². The Bertz CT molecular complexity index is 1040. The lowest BCUT2D eigenvalue weighted by Gasteiger charge is -2.28. The van der Waals surface area contributed by atoms with Gasteiger partial charge in [0, 0.05) is 25.9 Å². The zero-order valence-corrected chi connectivity index (χ0v) is 44.4. The van der Waals surface area contributed by atoms with Gasteiger partial charge in [-0.15, -0.1) is 0 Å². The van der Waals surface area contributed by atoms with Crippen LogP contribution in [0.5, 0.6) is 0 Å². The summed E-state index contributed by atoms with van der Waals surface area (Å²) in [6.45, 7) is 7.68. The minimum Gasteiger partial charge on any atom is -0.468 e. The number of rotatable bonds is 53. The fourth-order valence-corrected chi connectivity index (χ4v) is 9.21. The largest absolute Gasteiger partial charge is 0.468 e. The van der Waals surface area contributed by atoms with Crippen molar-refractivity contribution in [3.05, 3.63) is 0 Å². The van der Waals surface area contributed by atoms with E-state index in [-0.39, 0.29) is 18.5 Å². The maximum Gasteiger partial charge on any atom is 0.322 e. The van der Waals surface area contributed by atoms with Crippen molar-refractivity contribution in [2.45, 2.75) is 315 Å². The van der Waals surface area contributed by atoms with Gasteiger partial charge in [-0.2, -0.15) is 0 Å². The highest BCUT2D eigenvalue weighted by atomic mass is 16.6. The number of methoxy groups -OCH3 is 1. The summed E-state index contributed by atoms with van der Waals surface area (Å²) in [6, 6.07) is -0.661. The topological polar surface area (TPSA) is 128 Å². The van der Waals surface area contributed by atoms with Crippen LogP contribution in [0.1, 0.15) is 297 Å². The molecule has 0 aliphatic rings. The van der Waals surface area contributed by atoms with E-state index in [1.807, 2.05) is 0 Å². The first kappa shape index (κ1) is 64.3. The first-order valence-electron chi connectivity index (χ1n) is 28.8. The van der Waals surface area contributed by atoms with Gasteiger partial charge < -0.3 is 25.1 Å². The molecule has 0 fully saturated rings. The molecule has 0 amide bonds. The van der Waals surface area contributed by atoms with E-state index >= 15 is 0 Å². The molecule has 3 N–H and O–H groups in total. The van der Waals surface area contributed by atoms with Gasteiger partial charge in [-0.25, -0.2) is 0 Å². The number of aliphatic hydroxyl groups excluding tert-OH is 1. The van der Waals surface area contributed by atoms with Crippen molar-refractivity contribution >= 4 is 17.9 Å². The number of carbonyl (C=O) groups is 3. The summed E-state index contributed by atoms with van der Waals surface area (Å²) in [7, 11) is 1.34. The van der Waals surface area contributed by atoms with Gasteiger partial charge in [0.15, 0.2) is 0 Å². The molecule has 392 valence electrons. The van der Waals surface area contributed by atoms with Crippen LogP contribution in [-0.2, 0) is 28.6 Å². The van der Waals surface area contributed by atoms with Crippen LogP contribution in [0.4, 0.5) is 0 Å². The van der Waals surface area contributed by atoms with Crippen LogP contribution in [0.2, 0.25) is 0 Å². The molecule has 0 rings (SSSR count). The van der Waals surface area contributed by atoms with Crippen LogP contribution in [0.3, 0.4) is 0 Å². The highest BCUT2D eigenvalue weighted by Gasteiger charge is 2.22. The number of nitrogens with zero attached hydrogens (tertiary/aromatic N) is 1. The van der Waals surface area contributed by atoms with Crippen LogP contribution in [-0.4, -0.2) is 79.5 Å². The number of ether oxygens (including phenoxy) is 3. The Hall–Kier alpha value is -1.71. The molecule has 0 aliphatic heterocycles. The standard InChI is InChI=1S/C57H112N2O7/c1-5-7-9-11-13-15-17-19-21-23-25-27-29-31-33-35-37-39-41-46-55(61)65-51-53(50-59(49-52(3)60)48-44-43-45-54(58)57(63)64-4)66-56(62)47-42-40-38-36-34-32-30-28-26-24-22-20-18-16-14-12-10-8-6-2/h52-54,60H,5-51,58H2,1-4H3. The zero-order chi connectivity index (χ0) is 48.4. The van der Waals surface area contributed by atoms with E-state index in [0.717, 1.165) is 44.9 Å². The third-order valence-electron chi connectivity index (χ3n) is 13.4. The average molecular weight is 938 g/mol. The summed E-state index contributed by atoms with van der Waals surface area (Å²) in [5.74, 6) is -0.932. The van der Waals surface area contributed by atoms with E-state index in [9.17, 15) is 19.5 Å². The fraction of sp³-hybridized carbons (Fsp3) is 0.947. The highest BCUT2D eigenvalue weighted by Crippen LogP contribution is 2.18. The van der Waals surface area contributed by atoms with Crippen molar-refractivity contribution < 1.29 is 33.7 Å². The number of esters is 3. The molecule has 0 aromatic heterocycles. The third kappa shape index (κ3) is 47.4. The quantitative estimate of drug-likeness (QED) is 0.0348. The van der Waals surface area contributed by atoms with E-state index in [0.29, 0.717) is 45.3 Å². The lowest BCUT2D eigenvalue weighted by atomic mass is 10.0. The molecule has 3 atom stereocenters. The minimum absolute atomic E-state index is 0.00637. The molecule has 0 aromatic carbocycles. The van der Waals surface area contributed by atoms with E-state index in [1.165, 1.54) is 213 Å². The van der Waals surface area contributed by atoms with Gasteiger partial charge in [-0.3, -0.25) is 19.3 Å². The molecular formula is C57H112N2O7. The molecule has 0 saturated heterocycles. The van der Waals surface area contributed by atoms with Crippen molar-refractivity contribution in [3.8, 4) is 0 Å². The normalized spacial score (nSPS) is 13.0. The van der Waals surface area contributed by atoms with Crippen molar-refractivity contribution in [2.24, 2.45) is 5.73 Å². The molecule has 0 heterocycles. The molecule has 0 radical (unpaired) electrons. The van der Waals surface area contributed by atoms with Crippen molar-refractivity contribution in [2.75, 3.05) is 33.4 Å².